The van der Waals surface area contributed by atoms with Gasteiger partial charge in [-0.05, 0) is 48.6 Å². The Hall–Kier alpha value is -1.34. The molecule has 0 aromatic heterocycles. The van der Waals surface area contributed by atoms with Crippen molar-refractivity contribution in [2.45, 2.75) is 31.7 Å². The van der Waals surface area contributed by atoms with E-state index in [0.29, 0.717) is 6.04 Å². The lowest BCUT2D eigenvalue weighted by atomic mass is 9.77. The van der Waals surface area contributed by atoms with Gasteiger partial charge in [0.15, 0.2) is 0 Å². The van der Waals surface area contributed by atoms with E-state index in [1.54, 1.807) is 0 Å². The molecule has 1 nitrogen and oxygen atoms in total. The highest BCUT2D eigenvalue weighted by atomic mass is 14.9. The van der Waals surface area contributed by atoms with E-state index in [9.17, 15) is 0 Å². The highest BCUT2D eigenvalue weighted by molar-refractivity contribution is 5.85. The van der Waals surface area contributed by atoms with E-state index in [0.717, 1.165) is 12.3 Å². The Morgan fingerprint density at radius 1 is 1.11 bits per heavy atom. The molecular weight excluding hydrogens is 218 g/mol. The van der Waals surface area contributed by atoms with Crippen molar-refractivity contribution in [3.63, 3.8) is 0 Å². The Labute approximate surface area is 109 Å². The Morgan fingerprint density at radius 2 is 1.89 bits per heavy atom. The SMILES string of the molecule is CNC(Cc1cccc2ccccc12)C1CCC1. The fraction of sp³-hybridized carbons (Fsp3) is 0.412. The van der Waals surface area contributed by atoms with Gasteiger partial charge in [0.05, 0.1) is 0 Å². The van der Waals surface area contributed by atoms with E-state index in [1.807, 2.05) is 0 Å². The minimum atomic E-state index is 0.643. The molecule has 1 N–H and O–H groups in total. The van der Waals surface area contributed by atoms with Crippen molar-refractivity contribution in [3.05, 3.63) is 48.0 Å². The molecule has 1 unspecified atom stereocenters. The smallest absolute Gasteiger partial charge is 0.0133 e. The summed E-state index contributed by atoms with van der Waals surface area (Å²) >= 11 is 0. The summed E-state index contributed by atoms with van der Waals surface area (Å²) in [4.78, 5) is 0. The Balaban J connectivity index is 1.89. The second-order valence-corrected chi connectivity index (χ2v) is 5.43. The van der Waals surface area contributed by atoms with Crippen LogP contribution in [0.2, 0.25) is 0 Å². The number of hydrogen-bond acceptors (Lipinski definition) is 1. The first-order chi connectivity index (χ1) is 8.88. The van der Waals surface area contributed by atoms with Gasteiger partial charge in [-0.25, -0.2) is 0 Å². The summed E-state index contributed by atoms with van der Waals surface area (Å²) in [5.74, 6) is 0.883. The monoisotopic (exact) mass is 239 g/mol. The molecule has 1 atom stereocenters. The van der Waals surface area contributed by atoms with Gasteiger partial charge in [-0.3, -0.25) is 0 Å². The lowest BCUT2D eigenvalue weighted by molar-refractivity contribution is 0.236. The third kappa shape index (κ3) is 2.15. The molecular formula is C17H21N. The van der Waals surface area contributed by atoms with Crippen LogP contribution in [0.5, 0.6) is 0 Å². The van der Waals surface area contributed by atoms with Gasteiger partial charge in [-0.15, -0.1) is 0 Å². The van der Waals surface area contributed by atoms with Crippen LogP contribution >= 0.6 is 0 Å². The second-order valence-electron chi connectivity index (χ2n) is 5.43. The average molecular weight is 239 g/mol. The number of nitrogens with one attached hydrogen (secondary N) is 1. The summed E-state index contributed by atoms with van der Waals surface area (Å²) in [6.45, 7) is 0. The van der Waals surface area contributed by atoms with Crippen molar-refractivity contribution < 1.29 is 0 Å². The molecule has 0 saturated heterocycles. The summed E-state index contributed by atoms with van der Waals surface area (Å²) in [7, 11) is 2.11. The van der Waals surface area contributed by atoms with Crippen molar-refractivity contribution >= 4 is 10.8 Å². The maximum atomic E-state index is 3.52. The van der Waals surface area contributed by atoms with Crippen LogP contribution in [-0.2, 0) is 6.42 Å². The molecule has 2 aromatic carbocycles. The first kappa shape index (κ1) is 11.7. The number of benzene rings is 2. The largest absolute Gasteiger partial charge is 0.316 e. The molecule has 3 rings (SSSR count). The van der Waals surface area contributed by atoms with E-state index in [-0.39, 0.29) is 0 Å². The van der Waals surface area contributed by atoms with Crippen LogP contribution in [0, 0.1) is 5.92 Å². The summed E-state index contributed by atoms with van der Waals surface area (Å²) in [6.07, 6.45) is 5.37. The molecule has 0 heterocycles. The van der Waals surface area contributed by atoms with Gasteiger partial charge in [0.2, 0.25) is 0 Å². The minimum Gasteiger partial charge on any atom is -0.316 e. The molecule has 18 heavy (non-hydrogen) atoms. The van der Waals surface area contributed by atoms with E-state index >= 15 is 0 Å². The third-order valence-electron chi connectivity index (χ3n) is 4.41. The Morgan fingerprint density at radius 3 is 2.61 bits per heavy atom. The quantitative estimate of drug-likeness (QED) is 0.856. The number of hydrogen-bond donors (Lipinski definition) is 1. The van der Waals surface area contributed by atoms with Gasteiger partial charge in [-0.2, -0.15) is 0 Å². The third-order valence-corrected chi connectivity index (χ3v) is 4.41. The fourth-order valence-electron chi connectivity index (χ4n) is 3.05. The number of rotatable bonds is 4. The van der Waals surface area contributed by atoms with Crippen molar-refractivity contribution in [2.75, 3.05) is 7.05 Å². The van der Waals surface area contributed by atoms with Crippen molar-refractivity contribution in [1.82, 2.24) is 5.32 Å². The van der Waals surface area contributed by atoms with Crippen LogP contribution in [0.4, 0.5) is 0 Å². The normalized spacial score (nSPS) is 17.6. The van der Waals surface area contributed by atoms with Crippen molar-refractivity contribution in [2.24, 2.45) is 5.92 Å². The summed E-state index contributed by atoms with van der Waals surface area (Å²) < 4.78 is 0. The van der Waals surface area contributed by atoms with E-state index in [4.69, 9.17) is 0 Å². The molecule has 0 bridgehead atoms. The van der Waals surface area contributed by atoms with Crippen LogP contribution in [-0.4, -0.2) is 13.1 Å². The molecule has 0 spiro atoms. The predicted molar refractivity (Wildman–Crippen MR) is 77.8 cm³/mol. The van der Waals surface area contributed by atoms with Crippen LogP contribution in [0.25, 0.3) is 10.8 Å². The van der Waals surface area contributed by atoms with E-state index in [1.165, 1.54) is 35.6 Å². The van der Waals surface area contributed by atoms with Gasteiger partial charge in [0.1, 0.15) is 0 Å². The van der Waals surface area contributed by atoms with E-state index in [2.05, 4.69) is 54.8 Å². The zero-order valence-electron chi connectivity index (χ0n) is 11.0. The van der Waals surface area contributed by atoms with Gasteiger partial charge in [0.25, 0.3) is 0 Å². The molecule has 1 aliphatic carbocycles. The highest BCUT2D eigenvalue weighted by Crippen LogP contribution is 2.32. The lowest BCUT2D eigenvalue weighted by Crippen LogP contribution is -2.39. The van der Waals surface area contributed by atoms with Crippen LogP contribution in [0.1, 0.15) is 24.8 Å². The number of likely N-dealkylation sites (N-methyl/N-ethyl adjacent to an activating group) is 1. The maximum absolute atomic E-state index is 3.52. The van der Waals surface area contributed by atoms with Crippen LogP contribution in [0.3, 0.4) is 0 Å². The molecule has 0 aliphatic heterocycles. The fourth-order valence-corrected chi connectivity index (χ4v) is 3.05. The maximum Gasteiger partial charge on any atom is 0.0133 e. The van der Waals surface area contributed by atoms with Crippen LogP contribution in [0.15, 0.2) is 42.5 Å². The zero-order valence-corrected chi connectivity index (χ0v) is 11.0. The van der Waals surface area contributed by atoms with Crippen molar-refractivity contribution in [1.29, 1.82) is 0 Å². The molecule has 1 aliphatic rings. The first-order valence-corrected chi connectivity index (χ1v) is 7.02. The Bertz CT molecular complexity index is 523. The first-order valence-electron chi connectivity index (χ1n) is 7.02. The second kappa shape index (κ2) is 5.11. The van der Waals surface area contributed by atoms with Crippen LogP contribution < -0.4 is 5.32 Å². The van der Waals surface area contributed by atoms with Gasteiger partial charge < -0.3 is 5.32 Å². The molecule has 1 heteroatoms. The standard InChI is InChI=1S/C17H21N/c1-18-17(14-8-5-9-14)12-15-10-4-7-13-6-2-3-11-16(13)15/h2-4,6-7,10-11,14,17-18H,5,8-9,12H2,1H3. The molecule has 0 amide bonds. The number of fused-ring (bicyclic) bond motifs is 1. The molecule has 94 valence electrons. The predicted octanol–water partition coefficient (Wildman–Crippen LogP) is 3.77. The average Bonchev–Trinajstić information content (AvgIpc) is 2.36. The molecule has 0 radical (unpaired) electrons. The summed E-state index contributed by atoms with van der Waals surface area (Å²) in [6, 6.07) is 16.0. The topological polar surface area (TPSA) is 12.0 Å². The van der Waals surface area contributed by atoms with E-state index < -0.39 is 0 Å². The summed E-state index contributed by atoms with van der Waals surface area (Å²) in [5.41, 5.74) is 1.49. The zero-order chi connectivity index (χ0) is 12.4. The molecule has 1 saturated carbocycles. The van der Waals surface area contributed by atoms with Gasteiger partial charge >= 0.3 is 0 Å². The Kier molecular flexibility index (Phi) is 3.33. The van der Waals surface area contributed by atoms with Crippen molar-refractivity contribution in [3.8, 4) is 0 Å². The molecule has 1 fully saturated rings. The lowest BCUT2D eigenvalue weighted by Gasteiger charge is -2.34. The molecule has 2 aromatic rings. The van der Waals surface area contributed by atoms with Gasteiger partial charge in [-0.1, -0.05) is 48.9 Å². The van der Waals surface area contributed by atoms with Gasteiger partial charge in [0, 0.05) is 6.04 Å². The highest BCUT2D eigenvalue weighted by Gasteiger charge is 2.26. The minimum absolute atomic E-state index is 0.643. The summed E-state index contributed by atoms with van der Waals surface area (Å²) in [5, 5.41) is 6.29.